The van der Waals surface area contributed by atoms with Gasteiger partial charge in [0, 0.05) is 17.9 Å². The lowest BCUT2D eigenvalue weighted by atomic mass is 10.1. The highest BCUT2D eigenvalue weighted by Crippen LogP contribution is 2.33. The molecule has 0 atom stereocenters. The van der Waals surface area contributed by atoms with Crippen molar-refractivity contribution in [2.24, 2.45) is 0 Å². The minimum Gasteiger partial charge on any atom is -0.268 e. The maximum atomic E-state index is 13.2. The number of aromatic nitrogens is 2. The zero-order valence-corrected chi connectivity index (χ0v) is 17.1. The van der Waals surface area contributed by atoms with Crippen LogP contribution in [0.25, 0.3) is 5.69 Å². The summed E-state index contributed by atoms with van der Waals surface area (Å²) in [5.74, 6) is 1.33. The minimum atomic E-state index is -4.48. The molecule has 8 heteroatoms. The lowest BCUT2D eigenvalue weighted by molar-refractivity contribution is -0.137. The Bertz CT molecular complexity index is 1130. The van der Waals surface area contributed by atoms with Crippen molar-refractivity contribution in [3.05, 3.63) is 81.3 Å². The first kappa shape index (κ1) is 20.1. The van der Waals surface area contributed by atoms with Crippen LogP contribution < -0.4 is 5.56 Å². The molecule has 1 aromatic heterocycles. The Morgan fingerprint density at radius 3 is 2.72 bits per heavy atom. The number of halogens is 3. The number of alkyl halides is 3. The third kappa shape index (κ3) is 4.09. The molecule has 3 nitrogen and oxygen atoms in total. The van der Waals surface area contributed by atoms with Crippen LogP contribution in [0.5, 0.6) is 0 Å². The molecule has 0 amide bonds. The van der Waals surface area contributed by atoms with Crippen molar-refractivity contribution >= 4 is 23.5 Å². The monoisotopic (exact) mass is 434 g/mol. The van der Waals surface area contributed by atoms with E-state index in [4.69, 9.17) is 0 Å². The zero-order chi connectivity index (χ0) is 20.6. The third-order valence-electron chi connectivity index (χ3n) is 4.72. The van der Waals surface area contributed by atoms with Gasteiger partial charge in [-0.15, -0.1) is 11.8 Å². The fraction of sp³-hybridized carbons (Fsp3) is 0.238. The molecule has 0 radical (unpaired) electrons. The Labute approximate surface area is 174 Å². The highest BCUT2D eigenvalue weighted by atomic mass is 32.2. The van der Waals surface area contributed by atoms with Gasteiger partial charge in [0.1, 0.15) is 0 Å². The first-order valence-electron chi connectivity index (χ1n) is 8.98. The maximum Gasteiger partial charge on any atom is 0.416 e. The number of fused-ring (bicyclic) bond motifs is 1. The van der Waals surface area contributed by atoms with Gasteiger partial charge in [0.2, 0.25) is 0 Å². The number of hydrogen-bond acceptors (Lipinski definition) is 4. The summed E-state index contributed by atoms with van der Waals surface area (Å²) >= 11 is 2.78. The quantitative estimate of drug-likeness (QED) is 0.401. The predicted octanol–water partition coefficient (Wildman–Crippen LogP) is 5.50. The van der Waals surface area contributed by atoms with E-state index in [0.717, 1.165) is 34.7 Å². The van der Waals surface area contributed by atoms with E-state index in [0.29, 0.717) is 22.2 Å². The fourth-order valence-electron chi connectivity index (χ4n) is 3.15. The van der Waals surface area contributed by atoms with Gasteiger partial charge in [-0.1, -0.05) is 42.1 Å². The number of thioether (sulfide) groups is 2. The third-order valence-corrected chi connectivity index (χ3v) is 6.81. The lowest BCUT2D eigenvalue weighted by Crippen LogP contribution is -2.24. The van der Waals surface area contributed by atoms with Gasteiger partial charge < -0.3 is 0 Å². The van der Waals surface area contributed by atoms with E-state index in [-0.39, 0.29) is 11.2 Å². The second-order valence-corrected chi connectivity index (χ2v) is 8.72. The minimum absolute atomic E-state index is 0.180. The summed E-state index contributed by atoms with van der Waals surface area (Å²) in [4.78, 5) is 18.3. The van der Waals surface area contributed by atoms with Crippen molar-refractivity contribution in [3.8, 4) is 5.69 Å². The van der Waals surface area contributed by atoms with E-state index < -0.39 is 11.7 Å². The van der Waals surface area contributed by atoms with Gasteiger partial charge in [0.15, 0.2) is 5.16 Å². The molecule has 0 N–H and O–H groups in total. The molecule has 4 rings (SSSR count). The molecule has 0 spiro atoms. The van der Waals surface area contributed by atoms with Crippen molar-refractivity contribution in [1.29, 1.82) is 0 Å². The van der Waals surface area contributed by atoms with Crippen molar-refractivity contribution in [1.82, 2.24) is 9.55 Å². The molecule has 0 bridgehead atoms. The van der Waals surface area contributed by atoms with Crippen LogP contribution in [-0.4, -0.2) is 15.3 Å². The molecule has 1 aliphatic heterocycles. The van der Waals surface area contributed by atoms with E-state index in [1.165, 1.54) is 40.2 Å². The zero-order valence-electron chi connectivity index (χ0n) is 15.5. The number of aryl methyl sites for hydroxylation is 2. The van der Waals surface area contributed by atoms with Crippen molar-refractivity contribution in [2.75, 3.05) is 5.75 Å². The van der Waals surface area contributed by atoms with E-state index in [9.17, 15) is 18.0 Å². The van der Waals surface area contributed by atoms with Crippen LogP contribution in [0, 0.1) is 6.92 Å². The number of rotatable bonds is 4. The summed E-state index contributed by atoms with van der Waals surface area (Å²) in [6.45, 7) is 2.00. The summed E-state index contributed by atoms with van der Waals surface area (Å²) in [7, 11) is 0. The Kier molecular flexibility index (Phi) is 5.48. The molecule has 0 unspecified atom stereocenters. The van der Waals surface area contributed by atoms with Crippen molar-refractivity contribution in [2.45, 2.75) is 35.3 Å². The normalized spacial score (nSPS) is 13.5. The van der Waals surface area contributed by atoms with Gasteiger partial charge in [0.25, 0.3) is 5.56 Å². The molecule has 0 aliphatic carbocycles. The molecule has 0 fully saturated rings. The Morgan fingerprint density at radius 2 is 1.97 bits per heavy atom. The molecule has 29 heavy (non-hydrogen) atoms. The number of benzene rings is 2. The predicted molar refractivity (Wildman–Crippen MR) is 110 cm³/mol. The van der Waals surface area contributed by atoms with Crippen LogP contribution in [0.4, 0.5) is 13.2 Å². The molecule has 150 valence electrons. The van der Waals surface area contributed by atoms with Gasteiger partial charge in [-0.25, -0.2) is 4.98 Å². The van der Waals surface area contributed by atoms with Gasteiger partial charge in [-0.2, -0.15) is 13.2 Å². The molecule has 2 aromatic carbocycles. The summed E-state index contributed by atoms with van der Waals surface area (Å²) in [5.41, 5.74) is 2.03. The summed E-state index contributed by atoms with van der Waals surface area (Å²) in [5, 5.41) is 0.416. The number of hydrogen-bond donors (Lipinski definition) is 0. The largest absolute Gasteiger partial charge is 0.416 e. The van der Waals surface area contributed by atoms with Crippen molar-refractivity contribution in [3.63, 3.8) is 0 Å². The Morgan fingerprint density at radius 1 is 1.17 bits per heavy atom. The van der Waals surface area contributed by atoms with E-state index >= 15 is 0 Å². The molecule has 0 saturated carbocycles. The average molecular weight is 435 g/mol. The summed E-state index contributed by atoms with van der Waals surface area (Å²) in [6.07, 6.45) is -3.79. The van der Waals surface area contributed by atoms with E-state index in [1.807, 2.05) is 31.2 Å². The number of nitrogens with zero attached hydrogens (tertiary/aromatic N) is 2. The fourth-order valence-corrected chi connectivity index (χ4v) is 5.28. The lowest BCUT2D eigenvalue weighted by Gasteiger charge is -2.15. The highest BCUT2D eigenvalue weighted by molar-refractivity contribution is 7.99. The van der Waals surface area contributed by atoms with Gasteiger partial charge in [0.05, 0.1) is 21.8 Å². The second-order valence-electron chi connectivity index (χ2n) is 6.67. The molecular weight excluding hydrogens is 417 g/mol. The van der Waals surface area contributed by atoms with Crippen LogP contribution in [0.1, 0.15) is 22.4 Å². The van der Waals surface area contributed by atoms with E-state index in [1.54, 1.807) is 0 Å². The van der Waals surface area contributed by atoms with Gasteiger partial charge in [-0.05, 0) is 36.2 Å². The molecular formula is C21H17F3N2OS2. The van der Waals surface area contributed by atoms with E-state index in [2.05, 4.69) is 4.98 Å². The van der Waals surface area contributed by atoms with Crippen LogP contribution in [-0.2, 0) is 18.3 Å². The standard InChI is InChI=1S/C21H17F3N2OS2/c1-13-5-2-3-6-14(13)12-29-20-25-17-9-10-28-18(17)19(27)26(20)16-8-4-7-15(11-16)21(22,23)24/h2-8,11H,9-10,12H2,1H3. The summed E-state index contributed by atoms with van der Waals surface area (Å²) < 4.78 is 40.9. The Hall–Kier alpha value is -2.19. The molecule has 0 saturated heterocycles. The van der Waals surface area contributed by atoms with Gasteiger partial charge in [-0.3, -0.25) is 9.36 Å². The molecule has 3 aromatic rings. The highest BCUT2D eigenvalue weighted by Gasteiger charge is 2.31. The maximum absolute atomic E-state index is 13.2. The first-order chi connectivity index (χ1) is 13.8. The van der Waals surface area contributed by atoms with Crippen LogP contribution in [0.15, 0.2) is 63.4 Å². The smallest absolute Gasteiger partial charge is 0.268 e. The van der Waals surface area contributed by atoms with Crippen LogP contribution >= 0.6 is 23.5 Å². The van der Waals surface area contributed by atoms with Crippen molar-refractivity contribution < 1.29 is 13.2 Å². The Balaban J connectivity index is 1.81. The molecule has 1 aliphatic rings. The topological polar surface area (TPSA) is 34.9 Å². The summed E-state index contributed by atoms with van der Waals surface area (Å²) in [6, 6.07) is 12.7. The first-order valence-corrected chi connectivity index (χ1v) is 11.0. The van der Waals surface area contributed by atoms with Crippen LogP contribution in [0.3, 0.4) is 0 Å². The van der Waals surface area contributed by atoms with Gasteiger partial charge >= 0.3 is 6.18 Å². The van der Waals surface area contributed by atoms with Crippen LogP contribution in [0.2, 0.25) is 0 Å². The second kappa shape index (κ2) is 7.91. The average Bonchev–Trinajstić information content (AvgIpc) is 3.16. The SMILES string of the molecule is Cc1ccccc1CSc1nc2c(c(=O)n1-c1cccc(C(F)(F)F)c1)SCC2. The molecule has 2 heterocycles.